The van der Waals surface area contributed by atoms with Gasteiger partial charge in [0.05, 0.1) is 19.4 Å². The van der Waals surface area contributed by atoms with Crippen LogP contribution in [0.2, 0.25) is 0 Å². The molecule has 0 aromatic rings. The van der Waals surface area contributed by atoms with Gasteiger partial charge in [-0.2, -0.15) is 13.2 Å². The molecule has 104 valence electrons. The van der Waals surface area contributed by atoms with Crippen LogP contribution in [0.4, 0.5) is 13.2 Å². The van der Waals surface area contributed by atoms with Gasteiger partial charge in [0, 0.05) is 0 Å². The van der Waals surface area contributed by atoms with Crippen LogP contribution >= 0.6 is 7.60 Å². The lowest BCUT2D eigenvalue weighted by Gasteiger charge is -2.22. The summed E-state index contributed by atoms with van der Waals surface area (Å²) >= 11 is 0. The first kappa shape index (κ1) is 16.9. The third-order valence-corrected chi connectivity index (χ3v) is 3.70. The number of hydrogen-bond donors (Lipinski definition) is 1. The van der Waals surface area contributed by atoms with Crippen molar-refractivity contribution in [3.63, 3.8) is 0 Å². The largest absolute Gasteiger partial charge is 0.414 e. The minimum Gasteiger partial charge on any atom is -0.383 e. The summed E-state index contributed by atoms with van der Waals surface area (Å²) in [5.41, 5.74) is 0. The molecule has 0 aliphatic carbocycles. The van der Waals surface area contributed by atoms with Gasteiger partial charge in [-0.3, -0.25) is 4.57 Å². The number of hydrogen-bond acceptors (Lipinski definition) is 4. The maximum atomic E-state index is 12.1. The van der Waals surface area contributed by atoms with Crippen LogP contribution in [0.15, 0.2) is 0 Å². The maximum absolute atomic E-state index is 12.1. The molecule has 0 radical (unpaired) electrons. The smallest absolute Gasteiger partial charge is 0.383 e. The molecule has 0 rings (SSSR count). The lowest BCUT2D eigenvalue weighted by Crippen LogP contribution is -2.32. The topological polar surface area (TPSA) is 55.8 Å². The van der Waals surface area contributed by atoms with Crippen molar-refractivity contribution in [1.29, 1.82) is 0 Å². The fourth-order valence-electron chi connectivity index (χ4n) is 0.919. The van der Waals surface area contributed by atoms with Crippen LogP contribution in [-0.2, 0) is 13.6 Å². The van der Waals surface area contributed by atoms with Gasteiger partial charge in [0.15, 0.2) is 6.10 Å². The highest BCUT2D eigenvalue weighted by Crippen LogP contribution is 2.50. The third-order valence-electron chi connectivity index (χ3n) is 1.76. The number of alkyl halides is 3. The van der Waals surface area contributed by atoms with Crippen LogP contribution in [0.5, 0.6) is 0 Å². The fraction of sp³-hybridized carbons (Fsp3) is 1.00. The number of rotatable bonds is 8. The summed E-state index contributed by atoms with van der Waals surface area (Å²) in [6, 6.07) is 0. The van der Waals surface area contributed by atoms with Gasteiger partial charge < -0.3 is 14.2 Å². The van der Waals surface area contributed by atoms with Crippen LogP contribution in [0, 0.1) is 0 Å². The summed E-state index contributed by atoms with van der Waals surface area (Å²) < 4.78 is 57.9. The Labute approximate surface area is 98.6 Å². The van der Waals surface area contributed by atoms with Crippen LogP contribution < -0.4 is 0 Å². The molecule has 4 nitrogen and oxygen atoms in total. The van der Waals surface area contributed by atoms with E-state index in [4.69, 9.17) is 14.2 Å². The first-order valence-electron chi connectivity index (χ1n) is 5.38. The molecule has 8 heteroatoms. The van der Waals surface area contributed by atoms with E-state index in [2.05, 4.69) is 0 Å². The van der Waals surface area contributed by atoms with E-state index < -0.39 is 26.0 Å². The highest BCUT2D eigenvalue weighted by molar-refractivity contribution is 7.53. The number of aliphatic hydroxyl groups is 1. The second-order valence-corrected chi connectivity index (χ2v) is 5.62. The van der Waals surface area contributed by atoms with Crippen LogP contribution in [0.3, 0.4) is 0 Å². The molecule has 0 unspecified atom stereocenters. The Balaban J connectivity index is 4.52. The molecule has 0 fully saturated rings. The molecular weight excluding hydrogens is 260 g/mol. The molecule has 0 amide bonds. The van der Waals surface area contributed by atoms with E-state index >= 15 is 0 Å². The summed E-state index contributed by atoms with van der Waals surface area (Å²) in [5.74, 6) is 0. The van der Waals surface area contributed by atoms with Crippen LogP contribution in [0.25, 0.3) is 0 Å². The predicted molar refractivity (Wildman–Crippen MR) is 57.0 cm³/mol. The molecule has 0 aliphatic heterocycles. The van der Waals surface area contributed by atoms with Gasteiger partial charge in [0.1, 0.15) is 0 Å². The Morgan fingerprint density at radius 2 is 1.59 bits per heavy atom. The predicted octanol–water partition coefficient (Wildman–Crippen LogP) is 2.96. The maximum Gasteiger partial charge on any atom is 0.414 e. The summed E-state index contributed by atoms with van der Waals surface area (Å²) in [7, 11) is -3.87. The van der Waals surface area contributed by atoms with E-state index in [1.54, 1.807) is 13.8 Å². The minimum absolute atomic E-state index is 0.0333. The van der Waals surface area contributed by atoms with Crippen molar-refractivity contribution in [3.05, 3.63) is 0 Å². The standard InChI is InChI=1S/C9H18F3O4P/c1-3-5-15-17(14,16-6-4-2)7-8(13)9(10,11)12/h8,13H,3-7H2,1-2H3/t8-/m0/s1. The highest BCUT2D eigenvalue weighted by atomic mass is 31.2. The summed E-state index contributed by atoms with van der Waals surface area (Å²) in [6.07, 6.45) is -7.57. The van der Waals surface area contributed by atoms with Crippen molar-refractivity contribution in [2.75, 3.05) is 19.4 Å². The molecule has 1 atom stereocenters. The van der Waals surface area contributed by atoms with E-state index in [-0.39, 0.29) is 13.2 Å². The molecular formula is C9H18F3O4P. The Kier molecular flexibility index (Phi) is 7.32. The van der Waals surface area contributed by atoms with Gasteiger partial charge in [-0.25, -0.2) is 0 Å². The Bertz CT molecular complexity index is 245. The molecule has 1 N–H and O–H groups in total. The summed E-state index contributed by atoms with van der Waals surface area (Å²) in [5, 5.41) is 8.86. The van der Waals surface area contributed by atoms with Crippen molar-refractivity contribution in [3.8, 4) is 0 Å². The highest BCUT2D eigenvalue weighted by Gasteiger charge is 2.43. The average Bonchev–Trinajstić information content (AvgIpc) is 2.22. The van der Waals surface area contributed by atoms with Crippen molar-refractivity contribution in [1.82, 2.24) is 0 Å². The van der Waals surface area contributed by atoms with Crippen LogP contribution in [-0.4, -0.2) is 36.8 Å². The van der Waals surface area contributed by atoms with Gasteiger partial charge in [0.25, 0.3) is 0 Å². The van der Waals surface area contributed by atoms with Crippen LogP contribution in [0.1, 0.15) is 26.7 Å². The number of aliphatic hydroxyl groups excluding tert-OH is 1. The zero-order valence-electron chi connectivity index (χ0n) is 9.87. The van der Waals surface area contributed by atoms with Gasteiger partial charge in [-0.15, -0.1) is 0 Å². The van der Waals surface area contributed by atoms with E-state index in [9.17, 15) is 17.7 Å². The van der Waals surface area contributed by atoms with Crippen molar-refractivity contribution < 1.29 is 31.9 Å². The van der Waals surface area contributed by atoms with E-state index in [0.29, 0.717) is 12.8 Å². The first-order chi connectivity index (χ1) is 7.75. The Morgan fingerprint density at radius 1 is 1.18 bits per heavy atom. The lowest BCUT2D eigenvalue weighted by atomic mass is 10.4. The first-order valence-corrected chi connectivity index (χ1v) is 7.11. The quantitative estimate of drug-likeness (QED) is 0.693. The molecule has 0 saturated heterocycles. The van der Waals surface area contributed by atoms with Gasteiger partial charge in [-0.1, -0.05) is 13.8 Å². The Hall–Kier alpha value is -0.100. The van der Waals surface area contributed by atoms with Gasteiger partial charge in [-0.05, 0) is 12.8 Å². The molecule has 0 aromatic carbocycles. The fourth-order valence-corrected chi connectivity index (χ4v) is 2.76. The van der Waals surface area contributed by atoms with Crippen molar-refractivity contribution >= 4 is 7.60 Å². The zero-order chi connectivity index (χ0) is 13.5. The van der Waals surface area contributed by atoms with E-state index in [1.807, 2.05) is 0 Å². The molecule has 0 aliphatic rings. The normalized spacial score (nSPS) is 14.9. The third kappa shape index (κ3) is 7.03. The minimum atomic E-state index is -4.82. The van der Waals surface area contributed by atoms with Crippen molar-refractivity contribution in [2.24, 2.45) is 0 Å². The molecule has 0 aromatic heterocycles. The van der Waals surface area contributed by atoms with Crippen molar-refractivity contribution in [2.45, 2.75) is 39.0 Å². The Morgan fingerprint density at radius 3 is 1.88 bits per heavy atom. The lowest BCUT2D eigenvalue weighted by molar-refractivity contribution is -0.197. The summed E-state index contributed by atoms with van der Waals surface area (Å²) in [6.45, 7) is 3.52. The second kappa shape index (κ2) is 7.36. The zero-order valence-corrected chi connectivity index (χ0v) is 10.8. The van der Waals surface area contributed by atoms with E-state index in [0.717, 1.165) is 0 Å². The molecule has 0 bridgehead atoms. The van der Waals surface area contributed by atoms with Gasteiger partial charge in [0.2, 0.25) is 0 Å². The average molecular weight is 278 g/mol. The van der Waals surface area contributed by atoms with Gasteiger partial charge >= 0.3 is 13.8 Å². The molecule has 0 spiro atoms. The molecule has 0 saturated carbocycles. The molecule has 0 heterocycles. The van der Waals surface area contributed by atoms with E-state index in [1.165, 1.54) is 0 Å². The number of halogens is 3. The second-order valence-electron chi connectivity index (χ2n) is 3.52. The SMILES string of the molecule is CCCOP(=O)(C[C@H](O)C(F)(F)F)OCCC. The molecule has 17 heavy (non-hydrogen) atoms. The summed E-state index contributed by atoms with van der Waals surface area (Å²) in [4.78, 5) is 0. The monoisotopic (exact) mass is 278 g/mol.